The Labute approximate surface area is 118 Å². The molecular weight excluding hydrogens is 260 g/mol. The summed E-state index contributed by atoms with van der Waals surface area (Å²) in [6, 6.07) is -0.0370. The lowest BCUT2D eigenvalue weighted by Crippen LogP contribution is -2.54. The number of piperazine rings is 1. The highest BCUT2D eigenvalue weighted by Gasteiger charge is 2.25. The van der Waals surface area contributed by atoms with Gasteiger partial charge >= 0.3 is 0 Å². The van der Waals surface area contributed by atoms with Crippen LogP contribution in [0, 0.1) is 0 Å². The molecule has 1 N–H and O–H groups in total. The van der Waals surface area contributed by atoms with Gasteiger partial charge < -0.3 is 10.2 Å². The molecule has 0 aromatic carbocycles. The van der Waals surface area contributed by atoms with Crippen LogP contribution in [0.15, 0.2) is 11.6 Å². The molecule has 0 radical (unpaired) electrons. The lowest BCUT2D eigenvalue weighted by Gasteiger charge is -2.37. The Morgan fingerprint density at radius 1 is 1.47 bits per heavy atom. The van der Waals surface area contributed by atoms with Crippen LogP contribution in [0.5, 0.6) is 0 Å². The number of carbonyl (C=O) groups is 1. The number of hydrogen-bond acceptors (Lipinski definition) is 5. The van der Waals surface area contributed by atoms with Crippen molar-refractivity contribution < 1.29 is 4.79 Å². The minimum atomic E-state index is -0.0370. The van der Waals surface area contributed by atoms with Gasteiger partial charge in [0.2, 0.25) is 5.91 Å². The summed E-state index contributed by atoms with van der Waals surface area (Å²) in [5, 5.41) is 6.05. The number of nitrogens with zero attached hydrogens (tertiary/aromatic N) is 3. The molecule has 2 heterocycles. The Hall–Kier alpha value is -1.14. The molecule has 1 amide bonds. The van der Waals surface area contributed by atoms with Gasteiger partial charge in [-0.1, -0.05) is 6.92 Å². The third-order valence-electron chi connectivity index (χ3n) is 3.48. The zero-order valence-corrected chi connectivity index (χ0v) is 12.4. The largest absolute Gasteiger partial charge is 0.355 e. The molecule has 1 aliphatic rings. The highest BCUT2D eigenvalue weighted by molar-refractivity contribution is 7.13. The molecule has 1 aromatic rings. The molecule has 0 spiro atoms. The summed E-state index contributed by atoms with van der Waals surface area (Å²) < 4.78 is 0. The maximum Gasteiger partial charge on any atom is 0.237 e. The van der Waals surface area contributed by atoms with Crippen molar-refractivity contribution in [3.8, 4) is 0 Å². The van der Waals surface area contributed by atoms with E-state index in [-0.39, 0.29) is 11.9 Å². The minimum Gasteiger partial charge on any atom is -0.355 e. The molecule has 0 saturated carbocycles. The molecular formula is C13H22N4OS. The smallest absolute Gasteiger partial charge is 0.237 e. The Morgan fingerprint density at radius 2 is 2.21 bits per heavy atom. The Bertz CT molecular complexity index is 387. The molecule has 1 fully saturated rings. The van der Waals surface area contributed by atoms with Gasteiger partial charge in [0.25, 0.3) is 0 Å². The number of thiazole rings is 1. The first-order valence-corrected chi connectivity index (χ1v) is 7.76. The van der Waals surface area contributed by atoms with Gasteiger partial charge in [-0.2, -0.15) is 0 Å². The number of rotatable bonds is 5. The van der Waals surface area contributed by atoms with Crippen molar-refractivity contribution in [2.45, 2.75) is 26.3 Å². The van der Waals surface area contributed by atoms with Gasteiger partial charge in [0, 0.05) is 44.3 Å². The molecule has 1 unspecified atom stereocenters. The SMILES string of the molecule is CCCNC(=O)C(C)N1CCN(c2nccs2)CC1. The average molecular weight is 282 g/mol. The van der Waals surface area contributed by atoms with Gasteiger partial charge in [0.15, 0.2) is 5.13 Å². The number of carbonyl (C=O) groups excluding carboxylic acids is 1. The molecule has 1 aliphatic heterocycles. The van der Waals surface area contributed by atoms with Gasteiger partial charge in [0.1, 0.15) is 0 Å². The fraction of sp³-hybridized carbons (Fsp3) is 0.692. The van der Waals surface area contributed by atoms with E-state index in [4.69, 9.17) is 0 Å². The zero-order valence-electron chi connectivity index (χ0n) is 11.6. The first kappa shape index (κ1) is 14.3. The summed E-state index contributed by atoms with van der Waals surface area (Å²) in [5.74, 6) is 0.143. The van der Waals surface area contributed by atoms with E-state index >= 15 is 0 Å². The highest BCUT2D eigenvalue weighted by Crippen LogP contribution is 2.19. The molecule has 1 saturated heterocycles. The van der Waals surface area contributed by atoms with Gasteiger partial charge in [-0.3, -0.25) is 9.69 Å². The van der Waals surface area contributed by atoms with E-state index in [0.717, 1.165) is 44.3 Å². The average Bonchev–Trinajstić information content (AvgIpc) is 2.98. The molecule has 0 bridgehead atoms. The van der Waals surface area contributed by atoms with Crippen molar-refractivity contribution in [2.24, 2.45) is 0 Å². The molecule has 6 heteroatoms. The molecule has 1 atom stereocenters. The van der Waals surface area contributed by atoms with Crippen molar-refractivity contribution in [3.63, 3.8) is 0 Å². The first-order valence-electron chi connectivity index (χ1n) is 6.88. The Balaban J connectivity index is 1.81. The van der Waals surface area contributed by atoms with Crippen molar-refractivity contribution in [3.05, 3.63) is 11.6 Å². The second-order valence-corrected chi connectivity index (χ2v) is 5.68. The molecule has 0 aliphatic carbocycles. The highest BCUT2D eigenvalue weighted by atomic mass is 32.1. The second-order valence-electron chi connectivity index (χ2n) is 4.80. The van der Waals surface area contributed by atoms with Gasteiger partial charge in [-0.15, -0.1) is 11.3 Å². The van der Waals surface area contributed by atoms with E-state index in [1.54, 1.807) is 11.3 Å². The van der Waals surface area contributed by atoms with Crippen LogP contribution in [0.2, 0.25) is 0 Å². The van der Waals surface area contributed by atoms with Gasteiger partial charge in [-0.25, -0.2) is 4.98 Å². The predicted octanol–water partition coefficient (Wildman–Crippen LogP) is 1.18. The van der Waals surface area contributed by atoms with E-state index < -0.39 is 0 Å². The molecule has 5 nitrogen and oxygen atoms in total. The monoisotopic (exact) mass is 282 g/mol. The van der Waals surface area contributed by atoms with E-state index in [1.165, 1.54) is 0 Å². The summed E-state index contributed by atoms with van der Waals surface area (Å²) >= 11 is 1.67. The van der Waals surface area contributed by atoms with Crippen LogP contribution in [0.4, 0.5) is 5.13 Å². The number of aromatic nitrogens is 1. The fourth-order valence-corrected chi connectivity index (χ4v) is 2.93. The topological polar surface area (TPSA) is 48.5 Å². The lowest BCUT2D eigenvalue weighted by molar-refractivity contribution is -0.126. The van der Waals surface area contributed by atoms with Gasteiger partial charge in [-0.05, 0) is 13.3 Å². The molecule has 19 heavy (non-hydrogen) atoms. The number of nitrogens with one attached hydrogen (secondary N) is 1. The third-order valence-corrected chi connectivity index (χ3v) is 4.31. The third kappa shape index (κ3) is 3.67. The van der Waals surface area contributed by atoms with E-state index in [2.05, 4.69) is 27.0 Å². The molecule has 106 valence electrons. The van der Waals surface area contributed by atoms with Crippen LogP contribution in [0.3, 0.4) is 0 Å². The first-order chi connectivity index (χ1) is 9.22. The van der Waals surface area contributed by atoms with E-state index in [9.17, 15) is 4.79 Å². The lowest BCUT2D eigenvalue weighted by atomic mass is 10.2. The van der Waals surface area contributed by atoms with Crippen molar-refractivity contribution in [1.29, 1.82) is 0 Å². The Kier molecular flexibility index (Phi) is 5.15. The summed E-state index contributed by atoms with van der Waals surface area (Å²) in [6.07, 6.45) is 2.82. The predicted molar refractivity (Wildman–Crippen MR) is 78.7 cm³/mol. The van der Waals surface area contributed by atoms with Crippen LogP contribution in [-0.2, 0) is 4.79 Å². The van der Waals surface area contributed by atoms with E-state index in [0.29, 0.717) is 0 Å². The second kappa shape index (κ2) is 6.86. The fourth-order valence-electron chi connectivity index (χ4n) is 2.23. The Morgan fingerprint density at radius 3 is 2.79 bits per heavy atom. The zero-order chi connectivity index (χ0) is 13.7. The molecule has 1 aromatic heterocycles. The van der Waals surface area contributed by atoms with E-state index in [1.807, 2.05) is 18.5 Å². The number of amides is 1. The summed E-state index contributed by atoms with van der Waals surface area (Å²) in [6.45, 7) is 8.54. The van der Waals surface area contributed by atoms with Crippen molar-refractivity contribution >= 4 is 22.4 Å². The van der Waals surface area contributed by atoms with Crippen molar-refractivity contribution in [2.75, 3.05) is 37.6 Å². The molecule has 2 rings (SSSR count). The van der Waals surface area contributed by atoms with Crippen LogP contribution < -0.4 is 10.2 Å². The quantitative estimate of drug-likeness (QED) is 0.881. The van der Waals surface area contributed by atoms with Gasteiger partial charge in [0.05, 0.1) is 6.04 Å². The summed E-state index contributed by atoms with van der Waals surface area (Å²) in [7, 11) is 0. The maximum atomic E-state index is 11.9. The van der Waals surface area contributed by atoms with Crippen LogP contribution >= 0.6 is 11.3 Å². The standard InChI is InChI=1S/C13H22N4OS/c1-3-4-14-12(18)11(2)16-6-8-17(9-7-16)13-15-5-10-19-13/h5,10-11H,3-4,6-9H2,1-2H3,(H,14,18). The van der Waals surface area contributed by atoms with Crippen LogP contribution in [0.1, 0.15) is 20.3 Å². The van der Waals surface area contributed by atoms with Crippen LogP contribution in [0.25, 0.3) is 0 Å². The van der Waals surface area contributed by atoms with Crippen molar-refractivity contribution in [1.82, 2.24) is 15.2 Å². The summed E-state index contributed by atoms with van der Waals surface area (Å²) in [5.41, 5.74) is 0. The minimum absolute atomic E-state index is 0.0370. The summed E-state index contributed by atoms with van der Waals surface area (Å²) in [4.78, 5) is 20.8. The normalized spacial score (nSPS) is 18.3. The maximum absolute atomic E-state index is 11.9. The van der Waals surface area contributed by atoms with Crippen LogP contribution in [-0.4, -0.2) is 54.6 Å². The number of hydrogen-bond donors (Lipinski definition) is 1. The number of anilines is 1.